The first-order chi connectivity index (χ1) is 28.8. The smallest absolute Gasteiger partial charge is 0.369 e. The third kappa shape index (κ3) is 6.25. The third-order valence-electron chi connectivity index (χ3n) is 9.66. The second-order valence-electron chi connectivity index (χ2n) is 13.4. The molecule has 1 aliphatic heterocycles. The lowest BCUT2D eigenvalue weighted by atomic mass is 9.95. The van der Waals surface area contributed by atoms with Gasteiger partial charge in [0.1, 0.15) is 33.8 Å². The summed E-state index contributed by atoms with van der Waals surface area (Å²) in [6.45, 7) is -0.705. The SMILES string of the molecule is O=C1C(=Cc2nc3c(s2)-c2sc(C=C4C(=O)c5cc(F)c(F)cc5C4=O)nc2C(C(=O)OCc2ccccc2)(C(=O)OCc2ccccc2)O3)C(=O)c2cc(F)c(F)cc21. The van der Waals surface area contributed by atoms with Gasteiger partial charge in [-0.25, -0.2) is 37.1 Å². The number of ether oxygens (including phenoxy) is 3. The van der Waals surface area contributed by atoms with Crippen molar-refractivity contribution < 1.29 is 60.5 Å². The molecule has 0 spiro atoms. The van der Waals surface area contributed by atoms with Crippen LogP contribution in [0.15, 0.2) is 96.1 Å². The van der Waals surface area contributed by atoms with Crippen molar-refractivity contribution in [3.8, 4) is 15.6 Å². The maximum Gasteiger partial charge on any atom is 0.369 e. The van der Waals surface area contributed by atoms with Gasteiger partial charge in [-0.3, -0.25) is 19.2 Å². The van der Waals surface area contributed by atoms with Crippen LogP contribution in [-0.4, -0.2) is 45.0 Å². The van der Waals surface area contributed by atoms with Crippen molar-refractivity contribution in [3.05, 3.63) is 168 Å². The number of allylic oxidation sites excluding steroid dienone is 2. The van der Waals surface area contributed by atoms with E-state index in [-0.39, 0.29) is 61.1 Å². The summed E-state index contributed by atoms with van der Waals surface area (Å²) in [6, 6.07) is 19.3. The minimum atomic E-state index is -2.86. The molecule has 0 N–H and O–H groups in total. The van der Waals surface area contributed by atoms with E-state index in [1.165, 1.54) is 0 Å². The molecule has 11 nitrogen and oxygen atoms in total. The summed E-state index contributed by atoms with van der Waals surface area (Å²) in [5.41, 5.74) is -4.72. The standard InChI is InChI=1S/C43H20F4N2O9S2/c44-27-11-21-22(12-28(27)45)34(51)25(33(21)50)15-31-48-39-37(59-31)38-40(49-32(60-38)16-26-35(52)23-13-29(46)30(47)14-24(23)36(26)53)58-43(39,41(54)56-17-19-7-3-1-4-8-19)42(55)57-18-20-9-5-2-6-10-20/h1-16H,17-18H2. The molecular formula is C43H20F4N2O9S2. The Morgan fingerprint density at radius 1 is 0.583 bits per heavy atom. The van der Waals surface area contributed by atoms with Crippen molar-refractivity contribution in [2.45, 2.75) is 18.8 Å². The number of aromatic nitrogens is 2. The molecule has 3 aliphatic rings. The minimum absolute atomic E-state index is 0.0302. The average Bonchev–Trinajstić information content (AvgIpc) is 3.97. The number of esters is 2. The van der Waals surface area contributed by atoms with Crippen molar-refractivity contribution in [2.75, 3.05) is 0 Å². The van der Waals surface area contributed by atoms with Crippen molar-refractivity contribution in [3.63, 3.8) is 0 Å². The Bertz CT molecular complexity index is 2840. The summed E-state index contributed by atoms with van der Waals surface area (Å²) in [5, 5.41) is -0.233. The molecule has 0 unspecified atom stereocenters. The van der Waals surface area contributed by atoms with Crippen LogP contribution in [0.5, 0.6) is 5.88 Å². The molecule has 2 aliphatic carbocycles. The number of Topliss-reactive ketones (excluding diaryl/α,β-unsaturated/α-hetero) is 4. The number of carbonyl (C=O) groups is 6. The van der Waals surface area contributed by atoms with Crippen molar-refractivity contribution in [1.82, 2.24) is 9.97 Å². The van der Waals surface area contributed by atoms with Crippen LogP contribution in [0.25, 0.3) is 21.9 Å². The van der Waals surface area contributed by atoms with E-state index in [2.05, 4.69) is 9.97 Å². The third-order valence-corrected chi connectivity index (χ3v) is 11.8. The van der Waals surface area contributed by atoms with Crippen LogP contribution >= 0.6 is 22.7 Å². The number of benzene rings is 4. The Morgan fingerprint density at radius 2 is 0.967 bits per heavy atom. The predicted octanol–water partition coefficient (Wildman–Crippen LogP) is 7.82. The molecule has 0 fully saturated rings. The second-order valence-corrected chi connectivity index (χ2v) is 15.4. The van der Waals surface area contributed by atoms with Gasteiger partial charge in [0.15, 0.2) is 46.4 Å². The predicted molar refractivity (Wildman–Crippen MR) is 204 cm³/mol. The molecule has 0 saturated carbocycles. The molecule has 3 heterocycles. The molecule has 0 bridgehead atoms. The van der Waals surface area contributed by atoms with Gasteiger partial charge in [-0.1, -0.05) is 60.7 Å². The number of carbonyl (C=O) groups excluding carboxylic acids is 6. The second kappa shape index (κ2) is 14.5. The number of hydrogen-bond acceptors (Lipinski definition) is 13. The van der Waals surface area contributed by atoms with E-state index >= 15 is 0 Å². The van der Waals surface area contributed by atoms with E-state index in [1.807, 2.05) is 0 Å². The zero-order valence-corrected chi connectivity index (χ0v) is 31.7. The van der Waals surface area contributed by atoms with E-state index in [4.69, 9.17) is 14.2 Å². The Balaban J connectivity index is 1.18. The molecule has 0 saturated heterocycles. The summed E-state index contributed by atoms with van der Waals surface area (Å²) >= 11 is 1.58. The van der Waals surface area contributed by atoms with Gasteiger partial charge in [-0.05, 0) is 47.5 Å². The fourth-order valence-corrected chi connectivity index (χ4v) is 8.85. The van der Waals surface area contributed by atoms with Gasteiger partial charge >= 0.3 is 17.5 Å². The molecule has 2 aromatic heterocycles. The summed E-state index contributed by atoms with van der Waals surface area (Å²) < 4.78 is 73.9. The molecule has 9 rings (SSSR count). The van der Waals surface area contributed by atoms with Gasteiger partial charge in [-0.15, -0.1) is 22.7 Å². The van der Waals surface area contributed by atoms with E-state index in [9.17, 15) is 46.3 Å². The minimum Gasteiger partial charge on any atom is -0.457 e. The van der Waals surface area contributed by atoms with Crippen molar-refractivity contribution >= 4 is 69.9 Å². The van der Waals surface area contributed by atoms with Gasteiger partial charge in [0.25, 0.3) is 0 Å². The van der Waals surface area contributed by atoms with Gasteiger partial charge < -0.3 is 14.2 Å². The molecule has 0 radical (unpaired) electrons. The van der Waals surface area contributed by atoms with E-state index < -0.39 is 80.8 Å². The summed E-state index contributed by atoms with van der Waals surface area (Å²) in [4.78, 5) is 91.2. The van der Waals surface area contributed by atoms with Crippen LogP contribution in [0.3, 0.4) is 0 Å². The lowest BCUT2D eigenvalue weighted by Gasteiger charge is -2.31. The molecule has 17 heteroatoms. The Labute approximate surface area is 342 Å². The quantitative estimate of drug-likeness (QED) is 0.0484. The summed E-state index contributed by atoms with van der Waals surface area (Å²) in [6.07, 6.45) is 2.10. The average molecular weight is 849 g/mol. The number of hydrogen-bond donors (Lipinski definition) is 0. The maximum absolute atomic E-state index is 14.5. The van der Waals surface area contributed by atoms with Gasteiger partial charge in [0.2, 0.25) is 5.88 Å². The molecule has 4 aromatic carbocycles. The fraction of sp³-hybridized carbons (Fsp3) is 0.0698. The fourth-order valence-electron chi connectivity index (χ4n) is 6.73. The molecule has 0 amide bonds. The highest BCUT2D eigenvalue weighted by Crippen LogP contribution is 2.52. The number of rotatable bonds is 8. The topological polar surface area (TPSA) is 156 Å². The van der Waals surface area contributed by atoms with Crippen LogP contribution in [0.4, 0.5) is 17.6 Å². The van der Waals surface area contributed by atoms with Gasteiger partial charge in [-0.2, -0.15) is 0 Å². The highest BCUT2D eigenvalue weighted by molar-refractivity contribution is 7.23. The largest absolute Gasteiger partial charge is 0.457 e. The number of ketones is 4. The number of nitrogens with zero attached hydrogens (tertiary/aromatic N) is 2. The van der Waals surface area contributed by atoms with Crippen LogP contribution < -0.4 is 4.74 Å². The van der Waals surface area contributed by atoms with E-state index in [1.54, 1.807) is 60.7 Å². The highest BCUT2D eigenvalue weighted by Gasteiger charge is 2.61. The Kier molecular flexibility index (Phi) is 9.28. The monoisotopic (exact) mass is 848 g/mol. The van der Waals surface area contributed by atoms with Crippen LogP contribution in [-0.2, 0) is 37.9 Å². The van der Waals surface area contributed by atoms with Gasteiger partial charge in [0, 0.05) is 22.3 Å². The van der Waals surface area contributed by atoms with Gasteiger partial charge in [0.05, 0.1) is 16.0 Å². The lowest BCUT2D eigenvalue weighted by molar-refractivity contribution is -0.184. The summed E-state index contributed by atoms with van der Waals surface area (Å²) in [5.74, 6) is -12.1. The lowest BCUT2D eigenvalue weighted by Crippen LogP contribution is -2.52. The molecule has 0 atom stereocenters. The van der Waals surface area contributed by atoms with E-state index in [0.717, 1.165) is 34.8 Å². The normalized spacial score (nSPS) is 14.6. The van der Waals surface area contributed by atoms with Crippen LogP contribution in [0, 0.1) is 23.3 Å². The number of fused-ring (bicyclic) bond motifs is 5. The van der Waals surface area contributed by atoms with Crippen molar-refractivity contribution in [1.29, 1.82) is 0 Å². The van der Waals surface area contributed by atoms with E-state index in [0.29, 0.717) is 35.4 Å². The Hall–Kier alpha value is -7.24. The van der Waals surface area contributed by atoms with Crippen molar-refractivity contribution in [2.24, 2.45) is 0 Å². The molecule has 60 heavy (non-hydrogen) atoms. The number of halogens is 4. The number of thiazole rings is 2. The zero-order chi connectivity index (χ0) is 42.0. The molecular weight excluding hydrogens is 829 g/mol. The maximum atomic E-state index is 14.5. The first-order valence-corrected chi connectivity index (χ1v) is 19.2. The first kappa shape index (κ1) is 38.3. The molecule has 6 aromatic rings. The van der Waals surface area contributed by atoms with Crippen LogP contribution in [0.2, 0.25) is 0 Å². The highest BCUT2D eigenvalue weighted by atomic mass is 32.1. The zero-order valence-electron chi connectivity index (χ0n) is 30.0. The molecule has 296 valence electrons. The first-order valence-electron chi connectivity index (χ1n) is 17.6. The summed E-state index contributed by atoms with van der Waals surface area (Å²) in [7, 11) is 0. The van der Waals surface area contributed by atoms with Crippen LogP contribution in [0.1, 0.15) is 68.3 Å². The Morgan fingerprint density at radius 3 is 1.38 bits per heavy atom.